The quantitative estimate of drug-likeness (QED) is 0.634. The average Bonchev–Trinajstić information content (AvgIpc) is 2.86. The van der Waals surface area contributed by atoms with E-state index in [1.54, 1.807) is 9.80 Å². The van der Waals surface area contributed by atoms with E-state index in [2.05, 4.69) is 0 Å². The molecule has 88 valence electrons. The predicted octanol–water partition coefficient (Wildman–Crippen LogP) is 1.75. The molecule has 1 atom stereocenters. The summed E-state index contributed by atoms with van der Waals surface area (Å²) < 4.78 is 0. The minimum Gasteiger partial charge on any atom is -0.312 e. The van der Waals surface area contributed by atoms with Gasteiger partial charge in [0, 0.05) is 12.6 Å². The van der Waals surface area contributed by atoms with Gasteiger partial charge in [-0.3, -0.25) is 9.69 Å². The van der Waals surface area contributed by atoms with Gasteiger partial charge in [0.1, 0.15) is 6.04 Å². The summed E-state index contributed by atoms with van der Waals surface area (Å²) in [6, 6.07) is 0.0631. The van der Waals surface area contributed by atoms with Gasteiger partial charge in [-0.05, 0) is 25.7 Å². The first-order chi connectivity index (χ1) is 7.79. The van der Waals surface area contributed by atoms with E-state index in [1.165, 1.54) is 6.42 Å². The Morgan fingerprint density at radius 1 is 0.938 bits per heavy atom. The van der Waals surface area contributed by atoms with E-state index in [4.69, 9.17) is 0 Å². The van der Waals surface area contributed by atoms with Gasteiger partial charge in [-0.1, -0.05) is 19.3 Å². The highest BCUT2D eigenvalue weighted by molar-refractivity contribution is 6.04. The Bertz CT molecular complexity index is 301. The average molecular weight is 222 g/mol. The van der Waals surface area contributed by atoms with Crippen molar-refractivity contribution in [1.29, 1.82) is 0 Å². The zero-order valence-electron chi connectivity index (χ0n) is 9.52. The van der Waals surface area contributed by atoms with Gasteiger partial charge in [-0.25, -0.2) is 4.79 Å². The molecular weight excluding hydrogens is 204 g/mol. The van der Waals surface area contributed by atoms with Crippen LogP contribution in [-0.4, -0.2) is 40.4 Å². The molecule has 2 aliphatic heterocycles. The van der Waals surface area contributed by atoms with E-state index in [0.717, 1.165) is 45.1 Å². The van der Waals surface area contributed by atoms with Gasteiger partial charge in [-0.2, -0.15) is 0 Å². The Labute approximate surface area is 95.6 Å². The Hall–Kier alpha value is -1.06. The van der Waals surface area contributed by atoms with Crippen LogP contribution >= 0.6 is 0 Å². The Kier molecular flexibility index (Phi) is 2.37. The third-order valence-electron chi connectivity index (χ3n) is 4.17. The van der Waals surface area contributed by atoms with Crippen LogP contribution in [-0.2, 0) is 4.79 Å². The summed E-state index contributed by atoms with van der Waals surface area (Å²) >= 11 is 0. The van der Waals surface area contributed by atoms with Crippen molar-refractivity contribution in [1.82, 2.24) is 9.80 Å². The number of carbonyl (C=O) groups excluding carboxylic acids is 2. The smallest absolute Gasteiger partial charge is 0.312 e. The topological polar surface area (TPSA) is 40.6 Å². The number of imide groups is 1. The largest absolute Gasteiger partial charge is 0.327 e. The zero-order valence-corrected chi connectivity index (χ0v) is 9.52. The molecule has 1 aliphatic carbocycles. The lowest BCUT2D eigenvalue weighted by Crippen LogP contribution is -2.42. The predicted molar refractivity (Wildman–Crippen MR) is 58.8 cm³/mol. The van der Waals surface area contributed by atoms with Crippen molar-refractivity contribution in [3.05, 3.63) is 0 Å². The molecule has 0 spiro atoms. The van der Waals surface area contributed by atoms with Gasteiger partial charge in [0.25, 0.3) is 5.91 Å². The molecule has 0 aromatic carbocycles. The lowest BCUT2D eigenvalue weighted by Gasteiger charge is -2.29. The van der Waals surface area contributed by atoms with Crippen LogP contribution in [0.4, 0.5) is 4.79 Å². The maximum Gasteiger partial charge on any atom is 0.327 e. The first-order valence-corrected chi connectivity index (χ1v) is 6.43. The number of fused-ring (bicyclic) bond motifs is 1. The fraction of sp³-hybridized carbons (Fsp3) is 0.833. The van der Waals surface area contributed by atoms with E-state index in [-0.39, 0.29) is 24.0 Å². The minimum atomic E-state index is -0.116. The Morgan fingerprint density at radius 2 is 1.69 bits per heavy atom. The van der Waals surface area contributed by atoms with Crippen LogP contribution in [0, 0.1) is 0 Å². The summed E-state index contributed by atoms with van der Waals surface area (Å²) in [6.45, 7) is 0.776. The van der Waals surface area contributed by atoms with Crippen molar-refractivity contribution in [2.24, 2.45) is 0 Å². The SMILES string of the molecule is O=C1C2CCCN2C(=O)N1C1CCCCC1. The summed E-state index contributed by atoms with van der Waals surface area (Å²) in [5, 5.41) is 0. The molecule has 3 amide bonds. The molecule has 1 unspecified atom stereocenters. The maximum absolute atomic E-state index is 12.2. The molecule has 0 N–H and O–H groups in total. The number of carbonyl (C=O) groups is 2. The van der Waals surface area contributed by atoms with Crippen LogP contribution < -0.4 is 0 Å². The normalized spacial score (nSPS) is 31.4. The number of nitrogens with zero attached hydrogens (tertiary/aromatic N) is 2. The second kappa shape index (κ2) is 3.75. The van der Waals surface area contributed by atoms with Gasteiger partial charge >= 0.3 is 6.03 Å². The number of hydrogen-bond acceptors (Lipinski definition) is 2. The molecule has 2 heterocycles. The van der Waals surface area contributed by atoms with E-state index < -0.39 is 0 Å². The third kappa shape index (κ3) is 1.35. The highest BCUT2D eigenvalue weighted by atomic mass is 16.2. The van der Waals surface area contributed by atoms with Gasteiger partial charge in [-0.15, -0.1) is 0 Å². The highest BCUT2D eigenvalue weighted by Gasteiger charge is 2.49. The van der Waals surface area contributed by atoms with E-state index in [0.29, 0.717) is 0 Å². The number of hydrogen-bond donors (Lipinski definition) is 0. The van der Waals surface area contributed by atoms with Crippen LogP contribution in [0.1, 0.15) is 44.9 Å². The van der Waals surface area contributed by atoms with E-state index >= 15 is 0 Å². The van der Waals surface area contributed by atoms with Crippen LogP contribution in [0.5, 0.6) is 0 Å². The molecule has 3 fully saturated rings. The van der Waals surface area contributed by atoms with Crippen molar-refractivity contribution < 1.29 is 9.59 Å². The molecule has 1 saturated carbocycles. The molecule has 3 aliphatic rings. The summed E-state index contributed by atoms with van der Waals surface area (Å²) in [5.74, 6) is 0.0781. The molecule has 0 aromatic rings. The van der Waals surface area contributed by atoms with Crippen LogP contribution in [0.25, 0.3) is 0 Å². The molecule has 16 heavy (non-hydrogen) atoms. The Balaban J connectivity index is 1.80. The van der Waals surface area contributed by atoms with Crippen LogP contribution in [0.2, 0.25) is 0 Å². The summed E-state index contributed by atoms with van der Waals surface area (Å²) in [7, 11) is 0. The van der Waals surface area contributed by atoms with Crippen molar-refractivity contribution in [3.8, 4) is 0 Å². The van der Waals surface area contributed by atoms with Crippen molar-refractivity contribution in [2.75, 3.05) is 6.54 Å². The van der Waals surface area contributed by atoms with Crippen LogP contribution in [0.15, 0.2) is 0 Å². The molecule has 4 nitrogen and oxygen atoms in total. The summed E-state index contributed by atoms with van der Waals surface area (Å²) in [4.78, 5) is 27.6. The Morgan fingerprint density at radius 3 is 2.38 bits per heavy atom. The second-order valence-electron chi connectivity index (χ2n) is 5.13. The molecule has 2 saturated heterocycles. The zero-order chi connectivity index (χ0) is 11.1. The minimum absolute atomic E-state index is 0.0144. The van der Waals surface area contributed by atoms with Crippen molar-refractivity contribution in [3.63, 3.8) is 0 Å². The summed E-state index contributed by atoms with van der Waals surface area (Å²) in [6.07, 6.45) is 7.45. The fourth-order valence-corrected chi connectivity index (χ4v) is 3.32. The maximum atomic E-state index is 12.2. The molecule has 0 aromatic heterocycles. The van der Waals surface area contributed by atoms with Crippen molar-refractivity contribution in [2.45, 2.75) is 57.0 Å². The van der Waals surface area contributed by atoms with Gasteiger partial charge < -0.3 is 4.90 Å². The fourth-order valence-electron chi connectivity index (χ4n) is 3.32. The molecule has 4 heteroatoms. The highest BCUT2D eigenvalue weighted by Crippen LogP contribution is 2.32. The molecule has 0 radical (unpaired) electrons. The van der Waals surface area contributed by atoms with Crippen LogP contribution in [0.3, 0.4) is 0 Å². The monoisotopic (exact) mass is 222 g/mol. The first kappa shape index (κ1) is 10.1. The third-order valence-corrected chi connectivity index (χ3v) is 4.17. The first-order valence-electron chi connectivity index (χ1n) is 6.43. The molecule has 3 rings (SSSR count). The van der Waals surface area contributed by atoms with Gasteiger partial charge in [0.05, 0.1) is 0 Å². The lowest BCUT2D eigenvalue weighted by atomic mass is 9.94. The number of urea groups is 1. The number of rotatable bonds is 1. The summed E-state index contributed by atoms with van der Waals surface area (Å²) in [5.41, 5.74) is 0. The van der Waals surface area contributed by atoms with E-state index in [1.807, 2.05) is 0 Å². The molecular formula is C12H18N2O2. The molecule has 0 bridgehead atoms. The standard InChI is InChI=1S/C12H18N2O2/c15-11-10-7-4-8-13(10)12(16)14(11)9-5-2-1-3-6-9/h9-10H,1-8H2. The van der Waals surface area contributed by atoms with Gasteiger partial charge in [0.2, 0.25) is 0 Å². The van der Waals surface area contributed by atoms with E-state index in [9.17, 15) is 9.59 Å². The van der Waals surface area contributed by atoms with Crippen molar-refractivity contribution >= 4 is 11.9 Å². The van der Waals surface area contributed by atoms with Gasteiger partial charge in [0.15, 0.2) is 0 Å². The number of amides is 3. The second-order valence-corrected chi connectivity index (χ2v) is 5.13. The lowest BCUT2D eigenvalue weighted by molar-refractivity contribution is -0.129.